The zero-order valence-electron chi connectivity index (χ0n) is 75.1. The number of hydrogen-bond donors (Lipinski definition) is 0. The van der Waals surface area contributed by atoms with Crippen LogP contribution in [0.2, 0.25) is 0 Å². The van der Waals surface area contributed by atoms with E-state index in [1.54, 1.807) is 41.9 Å². The number of pyridine rings is 4. The normalized spacial score (nSPS) is 17.6. The van der Waals surface area contributed by atoms with Crippen LogP contribution in [0.3, 0.4) is 0 Å². The summed E-state index contributed by atoms with van der Waals surface area (Å²) in [5, 5.41) is 18.6. The number of likely N-dealkylation sites (tertiary alicyclic amines) is 3. The monoisotopic (exact) mass is 1700 g/mol. The predicted molar refractivity (Wildman–Crippen MR) is 496 cm³/mol. The molecule has 29 nitrogen and oxygen atoms in total. The van der Waals surface area contributed by atoms with E-state index in [1.807, 2.05) is 165 Å². The molecule has 0 N–H and O–H groups in total. The summed E-state index contributed by atoms with van der Waals surface area (Å²) in [6.07, 6.45) is 30.0. The number of piperazine rings is 1. The Kier molecular flexibility index (Phi) is 23.0. The smallest absolute Gasteiger partial charge is 0.258 e. The van der Waals surface area contributed by atoms with Crippen molar-refractivity contribution in [1.29, 1.82) is 0 Å². The SMILES string of the molecule is CCc1nc(C)cn2nc(-c3cc(=O)n4cc(N5CCN(C(C)C)[C@H](C)C5)ccc4n3)cc12.Cc1cn2nc(-c3cc(=O)n4cc(C5CCN(C(C)C)CC5)ccc4n3)cc2c(C)n1.Cc1cn2nc(-c3cc(=O)n4cc(C5CCN(C6CC6)CC5)ccc4n3)cc2c(C)n1.Cc1cn2nc(-c3cc(=O)n4cc(C5CCN(C6CCC6)CC5)ccc4n3)cc2c(C)n1. The molecule has 6 fully saturated rings. The van der Waals surface area contributed by atoms with Gasteiger partial charge in [0, 0.05) is 98.9 Å². The Morgan fingerprint density at radius 3 is 1.04 bits per heavy atom. The van der Waals surface area contributed by atoms with Crippen LogP contribution in [0.4, 0.5) is 5.69 Å². The van der Waals surface area contributed by atoms with Gasteiger partial charge in [-0.2, -0.15) is 20.4 Å². The second-order valence-electron chi connectivity index (χ2n) is 36.6. The standard InChI is InChI=1S/C25H31N7O.C25H28N6O.C24H26N6O.C24H28N6O/c1-6-20-23-11-22(28-32(23)13-17(4)26-20)21-12-25(33)31-15-19(7-8-24(31)27-21)29-9-10-30(16(2)3)18(5)14-29;1-16-14-31-23(17(2)26-16)12-22(28-31)21-13-25(32)30-15-19(6-7-24(30)27-21)18-8-10-29(11-9-18)20-4-3-5-20;1-15-13-30-22(16(2)25-15)11-21(27-30)20-12-24(31)29-14-18(3-6-23(29)26-20)17-7-9-28(10-8-17)19-4-5-19;1-15(2)28-9-7-18(8-10-28)19-5-6-23-26-20(12-24(31)29(23)14-19)21-11-22-17(4)25-16(3)13-30(22)27-21/h7-8,11-13,15-16,18H,6,9-10,14H2,1-5H3;6-7,12-15,18,20H,3-5,8-11H2,1-2H3;3,6,11-14,17,19H,4-5,7-10H2,1-2H3;5-6,11-15,18H,7-10H2,1-4H3/t18-;;;/m1.../s1. The van der Waals surface area contributed by atoms with Crippen molar-refractivity contribution in [3.05, 3.63) is 250 Å². The molecule has 0 bridgehead atoms. The third-order valence-electron chi connectivity index (χ3n) is 27.1. The van der Waals surface area contributed by atoms with Crippen molar-refractivity contribution in [3.63, 3.8) is 0 Å². The molecule has 0 aromatic carbocycles. The lowest BCUT2D eigenvalue weighted by atomic mass is 9.86. The molecule has 6 aliphatic rings. The summed E-state index contributed by atoms with van der Waals surface area (Å²) in [7, 11) is 0. The average molecular weight is 1710 g/mol. The molecule has 0 radical (unpaired) electrons. The molecule has 29 heteroatoms. The number of aromatic nitrogens is 20. The van der Waals surface area contributed by atoms with Gasteiger partial charge in [0.05, 0.1) is 121 Å². The first-order valence-electron chi connectivity index (χ1n) is 45.6. The number of anilines is 1. The highest BCUT2D eigenvalue weighted by molar-refractivity contribution is 5.70. The second kappa shape index (κ2) is 34.7. The largest absolute Gasteiger partial charge is 0.367 e. The van der Waals surface area contributed by atoms with Crippen LogP contribution in [0.15, 0.2) is 166 Å². The van der Waals surface area contributed by atoms with Gasteiger partial charge < -0.3 is 19.6 Å². The fraction of sp³-hybridized carbons (Fsp3) is 0.429. The number of hydrogen-bond acceptors (Lipinski definition) is 21. The van der Waals surface area contributed by atoms with Crippen LogP contribution in [0.1, 0.15) is 192 Å². The zero-order valence-corrected chi connectivity index (χ0v) is 75.1. The van der Waals surface area contributed by atoms with Crippen molar-refractivity contribution in [1.82, 2.24) is 116 Å². The number of rotatable bonds is 13. The molecule has 654 valence electrons. The van der Waals surface area contributed by atoms with Gasteiger partial charge in [-0.25, -0.2) is 38.0 Å². The molecule has 2 aliphatic carbocycles. The zero-order chi connectivity index (χ0) is 87.9. The molecule has 127 heavy (non-hydrogen) atoms. The molecule has 1 atom stereocenters. The van der Waals surface area contributed by atoms with Gasteiger partial charge in [0.2, 0.25) is 0 Å². The van der Waals surface area contributed by atoms with Crippen LogP contribution < -0.4 is 27.1 Å². The van der Waals surface area contributed by atoms with E-state index in [9.17, 15) is 19.2 Å². The van der Waals surface area contributed by atoms with Crippen molar-refractivity contribution in [2.45, 2.75) is 215 Å². The van der Waals surface area contributed by atoms with E-state index in [0.29, 0.717) is 104 Å². The minimum Gasteiger partial charge on any atom is -0.367 e. The Balaban J connectivity index is 0.000000110. The third kappa shape index (κ3) is 17.3. The summed E-state index contributed by atoms with van der Waals surface area (Å²) in [5.41, 5.74) is 23.2. The fourth-order valence-corrected chi connectivity index (χ4v) is 19.8. The minimum atomic E-state index is -0.104. The molecule has 4 saturated heterocycles. The molecule has 0 amide bonds. The lowest BCUT2D eigenvalue weighted by Crippen LogP contribution is -2.54. The molecule has 4 aliphatic heterocycles. The summed E-state index contributed by atoms with van der Waals surface area (Å²) >= 11 is 0. The van der Waals surface area contributed by atoms with Crippen molar-refractivity contribution in [2.75, 3.05) is 63.8 Å². The van der Waals surface area contributed by atoms with Gasteiger partial charge in [-0.1, -0.05) is 31.5 Å². The van der Waals surface area contributed by atoms with Gasteiger partial charge in [0.15, 0.2) is 0 Å². The lowest BCUT2D eigenvalue weighted by Gasteiger charge is -2.43. The molecule has 0 spiro atoms. The Morgan fingerprint density at radius 2 is 0.693 bits per heavy atom. The van der Waals surface area contributed by atoms with E-state index in [2.05, 4.69) is 131 Å². The molecule has 0 unspecified atom stereocenters. The second-order valence-corrected chi connectivity index (χ2v) is 36.6. The number of nitrogens with zero attached hydrogens (tertiary/aromatic N) is 25. The van der Waals surface area contributed by atoms with Crippen molar-refractivity contribution in [2.24, 2.45) is 0 Å². The highest BCUT2D eigenvalue weighted by Gasteiger charge is 2.34. The Bertz CT molecular complexity index is 6940. The summed E-state index contributed by atoms with van der Waals surface area (Å²) in [4.78, 5) is 102. The molecule has 2 saturated carbocycles. The van der Waals surface area contributed by atoms with Crippen molar-refractivity contribution in [3.8, 4) is 45.6 Å². The van der Waals surface area contributed by atoms with Gasteiger partial charge in [0.25, 0.3) is 22.2 Å². The number of piperidine rings is 3. The Labute approximate surface area is 736 Å². The van der Waals surface area contributed by atoms with Gasteiger partial charge in [0.1, 0.15) is 45.4 Å². The fourth-order valence-electron chi connectivity index (χ4n) is 19.8. The average Bonchev–Trinajstić information content (AvgIpc) is 1.76. The number of aryl methyl sites for hydroxylation is 8. The van der Waals surface area contributed by atoms with E-state index >= 15 is 0 Å². The van der Waals surface area contributed by atoms with E-state index in [-0.39, 0.29) is 22.2 Å². The molecular formula is C98H113N25O4. The van der Waals surface area contributed by atoms with E-state index in [0.717, 1.165) is 163 Å². The third-order valence-corrected chi connectivity index (χ3v) is 27.1. The lowest BCUT2D eigenvalue weighted by molar-refractivity contribution is 0.0975. The Morgan fingerprint density at radius 1 is 0.346 bits per heavy atom. The summed E-state index contributed by atoms with van der Waals surface area (Å²) in [5.74, 6) is 1.52. The maximum Gasteiger partial charge on any atom is 0.258 e. The van der Waals surface area contributed by atoms with E-state index in [1.165, 1.54) is 75.0 Å². The molecular weight excluding hydrogens is 1590 g/mol. The van der Waals surface area contributed by atoms with Crippen LogP contribution in [0, 0.1) is 48.5 Å². The molecule has 22 rings (SSSR count). The Hall–Kier alpha value is -12.4. The van der Waals surface area contributed by atoms with Crippen molar-refractivity contribution < 1.29 is 0 Å². The van der Waals surface area contributed by atoms with Crippen LogP contribution >= 0.6 is 0 Å². The maximum absolute atomic E-state index is 13.1. The van der Waals surface area contributed by atoms with Crippen LogP contribution in [-0.4, -0.2) is 205 Å². The van der Waals surface area contributed by atoms with Gasteiger partial charge in [-0.05, 0) is 282 Å². The van der Waals surface area contributed by atoms with Gasteiger partial charge >= 0.3 is 0 Å². The number of fused-ring (bicyclic) bond motifs is 8. The first-order valence-corrected chi connectivity index (χ1v) is 45.6. The van der Waals surface area contributed by atoms with E-state index in [4.69, 9.17) is 19.9 Å². The summed E-state index contributed by atoms with van der Waals surface area (Å²) < 4.78 is 13.9. The highest BCUT2D eigenvalue weighted by Crippen LogP contribution is 2.38. The first kappa shape index (κ1) is 84.1. The summed E-state index contributed by atoms with van der Waals surface area (Å²) in [6, 6.07) is 33.7. The van der Waals surface area contributed by atoms with E-state index < -0.39 is 0 Å². The van der Waals surface area contributed by atoms with Gasteiger partial charge in [-0.15, -0.1) is 0 Å². The van der Waals surface area contributed by atoms with Crippen LogP contribution in [-0.2, 0) is 6.42 Å². The highest BCUT2D eigenvalue weighted by atomic mass is 16.1. The molecule has 16 aromatic rings. The first-order chi connectivity index (χ1) is 61.3. The van der Waals surface area contributed by atoms with Crippen LogP contribution in [0.25, 0.3) is 90.2 Å². The summed E-state index contributed by atoms with van der Waals surface area (Å²) in [6.45, 7) is 36.8. The maximum atomic E-state index is 13.1. The molecule has 20 heterocycles. The van der Waals surface area contributed by atoms with Gasteiger partial charge in [-0.3, -0.25) is 61.6 Å². The molecule has 16 aromatic heterocycles. The topological polar surface area (TPSA) is 274 Å². The van der Waals surface area contributed by atoms with Crippen LogP contribution in [0.5, 0.6) is 0 Å². The quantitative estimate of drug-likeness (QED) is 0.104. The van der Waals surface area contributed by atoms with Crippen molar-refractivity contribution >= 4 is 50.3 Å². The predicted octanol–water partition coefficient (Wildman–Crippen LogP) is 13.9. The minimum absolute atomic E-state index is 0.0677.